The Balaban J connectivity index is 2.04. The first-order chi connectivity index (χ1) is 10.8. The molecule has 1 aliphatic rings. The highest BCUT2D eigenvalue weighted by Crippen LogP contribution is 2.32. The first kappa shape index (κ1) is 16.9. The number of likely N-dealkylation sites (tertiary alicyclic amines) is 1. The van der Waals surface area contributed by atoms with Crippen LogP contribution < -0.4 is 4.74 Å². The fourth-order valence-electron chi connectivity index (χ4n) is 2.22. The van der Waals surface area contributed by atoms with Crippen molar-refractivity contribution in [2.75, 3.05) is 13.1 Å². The van der Waals surface area contributed by atoms with Gasteiger partial charge < -0.3 is 14.4 Å². The summed E-state index contributed by atoms with van der Waals surface area (Å²) in [5.74, 6) is -0.702. The van der Waals surface area contributed by atoms with E-state index >= 15 is 0 Å². The van der Waals surface area contributed by atoms with Crippen molar-refractivity contribution in [1.82, 2.24) is 4.90 Å². The highest BCUT2D eigenvalue weighted by Gasteiger charge is 2.31. The summed E-state index contributed by atoms with van der Waals surface area (Å²) in [6.45, 7) is 6.13. The molecule has 1 atom stereocenters. The molecule has 0 bridgehead atoms. The van der Waals surface area contributed by atoms with E-state index in [1.807, 2.05) is 0 Å². The largest absolute Gasteiger partial charge is 0.485 e. The maximum atomic E-state index is 13.9. The van der Waals surface area contributed by atoms with Crippen molar-refractivity contribution in [3.8, 4) is 5.75 Å². The summed E-state index contributed by atoms with van der Waals surface area (Å²) in [5, 5.41) is 3.42. The lowest BCUT2D eigenvalue weighted by atomic mass is 10.2. The van der Waals surface area contributed by atoms with Gasteiger partial charge in [0.15, 0.2) is 11.6 Å². The molecule has 2 rings (SSSR count). The van der Waals surface area contributed by atoms with Gasteiger partial charge in [0.1, 0.15) is 11.7 Å². The van der Waals surface area contributed by atoms with E-state index in [0.717, 1.165) is 0 Å². The molecule has 0 spiro atoms. The lowest BCUT2D eigenvalue weighted by Gasteiger charge is -2.24. The molecular weight excluding hydrogens is 303 g/mol. The number of rotatable bonds is 3. The Morgan fingerprint density at radius 2 is 2.22 bits per heavy atom. The van der Waals surface area contributed by atoms with Crippen LogP contribution in [0.15, 0.2) is 23.3 Å². The molecule has 7 nitrogen and oxygen atoms in total. The molecule has 8 heteroatoms. The number of halogens is 1. The van der Waals surface area contributed by atoms with Crippen molar-refractivity contribution >= 4 is 11.8 Å². The number of hydrogen-bond acceptors (Lipinski definition) is 4. The smallest absolute Gasteiger partial charge is 0.410 e. The normalized spacial score (nSPS) is 17.6. The molecule has 1 aromatic rings. The second-order valence-electron chi connectivity index (χ2n) is 6.23. The first-order valence-electron chi connectivity index (χ1n) is 7.28. The molecule has 0 saturated carbocycles. The maximum Gasteiger partial charge on any atom is 0.410 e. The summed E-state index contributed by atoms with van der Waals surface area (Å²) in [4.78, 5) is 16.2. The summed E-state index contributed by atoms with van der Waals surface area (Å²) < 4.78 is 24.8. The molecule has 0 aromatic heterocycles. The minimum Gasteiger partial charge on any atom is -0.485 e. The highest BCUT2D eigenvalue weighted by atomic mass is 19.1. The number of hydrogen-bond donors (Lipinski definition) is 0. The molecule has 1 aliphatic heterocycles. The molecule has 1 unspecified atom stereocenters. The van der Waals surface area contributed by atoms with Crippen LogP contribution in [-0.4, -0.2) is 35.8 Å². The molecule has 1 saturated heterocycles. The Labute approximate surface area is 133 Å². The minimum absolute atomic E-state index is 0.0863. The Hall–Kier alpha value is -2.47. The van der Waals surface area contributed by atoms with Crippen LogP contribution in [0.3, 0.4) is 0 Å². The van der Waals surface area contributed by atoms with Crippen LogP contribution in [-0.2, 0) is 4.74 Å². The molecule has 1 fully saturated rings. The third-order valence-corrected chi connectivity index (χ3v) is 3.18. The summed E-state index contributed by atoms with van der Waals surface area (Å²) in [6.07, 6.45) is -0.261. The summed E-state index contributed by atoms with van der Waals surface area (Å²) in [5.41, 5.74) is 8.04. The summed E-state index contributed by atoms with van der Waals surface area (Å²) in [6, 6.07) is 4.14. The van der Waals surface area contributed by atoms with Crippen LogP contribution in [0.25, 0.3) is 10.4 Å². The van der Waals surface area contributed by atoms with Crippen molar-refractivity contribution in [3.63, 3.8) is 0 Å². The van der Waals surface area contributed by atoms with E-state index in [1.54, 1.807) is 20.8 Å². The predicted molar refractivity (Wildman–Crippen MR) is 82.0 cm³/mol. The topological polar surface area (TPSA) is 87.5 Å². The van der Waals surface area contributed by atoms with Gasteiger partial charge in [-0.3, -0.25) is 0 Å². The molecule has 124 valence electrons. The van der Waals surface area contributed by atoms with E-state index in [-0.39, 0.29) is 17.5 Å². The second kappa shape index (κ2) is 6.75. The van der Waals surface area contributed by atoms with E-state index in [9.17, 15) is 9.18 Å². The SMILES string of the molecule is CC(C)(C)OC(=O)N1CCC(Oc2c(F)cccc2N=[N+]=[N-])C1. The first-order valence-corrected chi connectivity index (χ1v) is 7.28. The zero-order valence-electron chi connectivity index (χ0n) is 13.3. The number of carbonyl (C=O) groups is 1. The Bertz CT molecular complexity index is 638. The van der Waals surface area contributed by atoms with E-state index in [1.165, 1.54) is 23.1 Å². The number of amides is 1. The van der Waals surface area contributed by atoms with Gasteiger partial charge in [0.05, 0.1) is 12.2 Å². The van der Waals surface area contributed by atoms with Gasteiger partial charge in [-0.05, 0) is 38.4 Å². The average molecular weight is 322 g/mol. The van der Waals surface area contributed by atoms with E-state index < -0.39 is 17.5 Å². The van der Waals surface area contributed by atoms with Crippen molar-refractivity contribution in [2.45, 2.75) is 38.9 Å². The Kier molecular flexibility index (Phi) is 4.95. The number of ether oxygens (including phenoxy) is 2. The summed E-state index contributed by atoms with van der Waals surface area (Å²) >= 11 is 0. The van der Waals surface area contributed by atoms with Crippen LogP contribution in [0.5, 0.6) is 5.75 Å². The van der Waals surface area contributed by atoms with Crippen molar-refractivity contribution in [3.05, 3.63) is 34.5 Å². The zero-order chi connectivity index (χ0) is 17.0. The zero-order valence-corrected chi connectivity index (χ0v) is 13.3. The molecular formula is C15H19FN4O3. The van der Waals surface area contributed by atoms with Gasteiger partial charge >= 0.3 is 6.09 Å². The molecule has 1 amide bonds. The van der Waals surface area contributed by atoms with E-state index in [4.69, 9.17) is 15.0 Å². The van der Waals surface area contributed by atoms with Crippen molar-refractivity contribution in [2.24, 2.45) is 5.11 Å². The third kappa shape index (κ3) is 4.50. The van der Waals surface area contributed by atoms with E-state index in [0.29, 0.717) is 19.5 Å². The number of carbonyl (C=O) groups excluding carboxylic acids is 1. The average Bonchev–Trinajstić information content (AvgIpc) is 2.90. The van der Waals surface area contributed by atoms with Gasteiger partial charge in [0.2, 0.25) is 0 Å². The van der Waals surface area contributed by atoms with Crippen LogP contribution >= 0.6 is 0 Å². The second-order valence-corrected chi connectivity index (χ2v) is 6.23. The quantitative estimate of drug-likeness (QED) is 0.475. The summed E-state index contributed by atoms with van der Waals surface area (Å²) in [7, 11) is 0. The van der Waals surface area contributed by atoms with Gasteiger partial charge in [-0.15, -0.1) is 0 Å². The van der Waals surface area contributed by atoms with Gasteiger partial charge in [-0.1, -0.05) is 11.2 Å². The molecule has 1 heterocycles. The van der Waals surface area contributed by atoms with Gasteiger partial charge in [-0.25, -0.2) is 9.18 Å². The van der Waals surface area contributed by atoms with Gasteiger partial charge in [-0.2, -0.15) is 0 Å². The minimum atomic E-state index is -0.606. The van der Waals surface area contributed by atoms with Crippen molar-refractivity contribution < 1.29 is 18.7 Å². The molecule has 0 radical (unpaired) electrons. The molecule has 0 N–H and O–H groups in total. The Morgan fingerprint density at radius 1 is 1.48 bits per heavy atom. The molecule has 1 aromatic carbocycles. The van der Waals surface area contributed by atoms with Crippen LogP contribution in [0.1, 0.15) is 27.2 Å². The number of benzene rings is 1. The van der Waals surface area contributed by atoms with E-state index in [2.05, 4.69) is 10.0 Å². The van der Waals surface area contributed by atoms with Crippen molar-refractivity contribution in [1.29, 1.82) is 0 Å². The molecule has 0 aliphatic carbocycles. The fraction of sp³-hybridized carbons (Fsp3) is 0.533. The van der Waals surface area contributed by atoms with Crippen LogP contribution in [0.4, 0.5) is 14.9 Å². The van der Waals surface area contributed by atoms with Gasteiger partial charge in [0, 0.05) is 17.9 Å². The standard InChI is InChI=1S/C15H19FN4O3/c1-15(2,3)23-14(21)20-8-7-10(9-20)22-13-11(16)5-4-6-12(13)18-19-17/h4-6,10H,7-9H2,1-3H3. The van der Waals surface area contributed by atoms with Crippen LogP contribution in [0.2, 0.25) is 0 Å². The lowest BCUT2D eigenvalue weighted by Crippen LogP contribution is -2.36. The number of nitrogens with zero attached hydrogens (tertiary/aromatic N) is 4. The highest BCUT2D eigenvalue weighted by molar-refractivity contribution is 5.68. The number of para-hydroxylation sites is 1. The number of azide groups is 1. The lowest BCUT2D eigenvalue weighted by molar-refractivity contribution is 0.0275. The predicted octanol–water partition coefficient (Wildman–Crippen LogP) is 4.16. The molecule has 23 heavy (non-hydrogen) atoms. The Morgan fingerprint density at radius 3 is 2.87 bits per heavy atom. The van der Waals surface area contributed by atoms with Gasteiger partial charge in [0.25, 0.3) is 0 Å². The monoisotopic (exact) mass is 322 g/mol. The van der Waals surface area contributed by atoms with Crippen LogP contribution in [0, 0.1) is 5.82 Å². The third-order valence-electron chi connectivity index (χ3n) is 3.18. The maximum absolute atomic E-state index is 13.9. The fourth-order valence-corrected chi connectivity index (χ4v) is 2.22.